The molecule has 0 spiro atoms. The van der Waals surface area contributed by atoms with Crippen LogP contribution < -0.4 is 5.32 Å². The lowest BCUT2D eigenvalue weighted by atomic mass is 9.51. The number of amides is 1. The zero-order chi connectivity index (χ0) is 24.8. The van der Waals surface area contributed by atoms with Crippen LogP contribution >= 0.6 is 34.8 Å². The van der Waals surface area contributed by atoms with Gasteiger partial charge in [0, 0.05) is 28.4 Å². The van der Waals surface area contributed by atoms with Crippen LogP contribution in [0.15, 0.2) is 48.7 Å². The van der Waals surface area contributed by atoms with E-state index in [-0.39, 0.29) is 5.91 Å². The van der Waals surface area contributed by atoms with Crippen LogP contribution in [0.1, 0.15) is 55.4 Å². The maximum absolute atomic E-state index is 13.1. The van der Waals surface area contributed by atoms with Gasteiger partial charge in [0.1, 0.15) is 11.5 Å². The molecule has 1 aromatic heterocycles. The highest BCUT2D eigenvalue weighted by Gasteiger charge is 2.47. The number of benzene rings is 2. The van der Waals surface area contributed by atoms with Crippen molar-refractivity contribution in [3.63, 3.8) is 0 Å². The fourth-order valence-corrected chi connectivity index (χ4v) is 7.92. The molecule has 3 aromatic rings. The van der Waals surface area contributed by atoms with Gasteiger partial charge in [-0.15, -0.1) is 0 Å². The van der Waals surface area contributed by atoms with Crippen molar-refractivity contribution in [1.82, 2.24) is 14.9 Å². The molecule has 4 aliphatic rings. The number of hydrogen-bond acceptors (Lipinski definition) is 2. The Morgan fingerprint density at radius 3 is 2.25 bits per heavy atom. The minimum atomic E-state index is -0.167. The molecule has 36 heavy (non-hydrogen) atoms. The largest absolute Gasteiger partial charge is 0.351 e. The number of halogens is 3. The summed E-state index contributed by atoms with van der Waals surface area (Å²) in [5, 5.41) is 4.78. The number of carbonyl (C=O) groups excluding carboxylic acids is 1. The summed E-state index contributed by atoms with van der Waals surface area (Å²) in [6, 6.07) is 12.7. The Morgan fingerprint density at radius 2 is 1.58 bits per heavy atom. The molecule has 4 nitrogen and oxygen atoms in total. The molecule has 1 amide bonds. The molecule has 4 saturated carbocycles. The Hall–Kier alpha value is -2.01. The van der Waals surface area contributed by atoms with Gasteiger partial charge in [0.05, 0.1) is 10.7 Å². The monoisotopic (exact) mass is 541 g/mol. The van der Waals surface area contributed by atoms with Crippen molar-refractivity contribution in [2.75, 3.05) is 6.54 Å². The number of aromatic nitrogens is 2. The predicted molar refractivity (Wildman–Crippen MR) is 146 cm³/mol. The van der Waals surface area contributed by atoms with Gasteiger partial charge in [-0.05, 0) is 117 Å². The summed E-state index contributed by atoms with van der Waals surface area (Å²) < 4.78 is 1.84. The summed E-state index contributed by atoms with van der Waals surface area (Å²) >= 11 is 18.7. The number of nitrogens with one attached hydrogen (secondary N) is 1. The Labute approximate surface area is 227 Å². The molecule has 0 aliphatic heterocycles. The van der Waals surface area contributed by atoms with Gasteiger partial charge in [-0.1, -0.05) is 34.8 Å². The number of hydrogen-bond donors (Lipinski definition) is 1. The van der Waals surface area contributed by atoms with E-state index < -0.39 is 0 Å². The zero-order valence-corrected chi connectivity index (χ0v) is 22.4. The van der Waals surface area contributed by atoms with Gasteiger partial charge in [-0.2, -0.15) is 0 Å². The van der Waals surface area contributed by atoms with Crippen molar-refractivity contribution in [1.29, 1.82) is 0 Å². The zero-order valence-electron chi connectivity index (χ0n) is 20.1. The minimum Gasteiger partial charge on any atom is -0.351 e. The molecule has 4 aliphatic carbocycles. The molecule has 4 bridgehead atoms. The second kappa shape index (κ2) is 10.0. The number of imidazole rings is 1. The van der Waals surface area contributed by atoms with Gasteiger partial charge >= 0.3 is 0 Å². The van der Waals surface area contributed by atoms with Gasteiger partial charge in [-0.3, -0.25) is 9.36 Å². The minimum absolute atomic E-state index is 0.167. The number of carbonyl (C=O) groups is 1. The molecular weight excluding hydrogens is 513 g/mol. The van der Waals surface area contributed by atoms with E-state index in [1.54, 1.807) is 18.3 Å². The van der Waals surface area contributed by atoms with Crippen LogP contribution in [0.4, 0.5) is 0 Å². The Bertz CT molecular complexity index is 1240. The Kier molecular flexibility index (Phi) is 6.79. The van der Waals surface area contributed by atoms with Crippen LogP contribution in [0.2, 0.25) is 15.1 Å². The molecule has 0 atom stereocenters. The van der Waals surface area contributed by atoms with Crippen LogP contribution in [0, 0.1) is 29.6 Å². The fourth-order valence-electron chi connectivity index (χ4n) is 7.29. The molecule has 4 fully saturated rings. The normalized spacial score (nSPS) is 26.4. The first-order valence-corrected chi connectivity index (χ1v) is 14.2. The second-order valence-corrected chi connectivity index (χ2v) is 12.2. The lowest BCUT2D eigenvalue weighted by Crippen LogP contribution is -2.45. The van der Waals surface area contributed by atoms with Crippen LogP contribution in [0.3, 0.4) is 0 Å². The average molecular weight is 543 g/mol. The van der Waals surface area contributed by atoms with E-state index >= 15 is 0 Å². The lowest BCUT2D eigenvalue weighted by molar-refractivity contribution is -0.0401. The summed E-state index contributed by atoms with van der Waals surface area (Å²) in [7, 11) is 0. The smallest absolute Gasteiger partial charge is 0.271 e. The molecular formula is C29H30Cl3N3O. The third kappa shape index (κ3) is 4.80. The van der Waals surface area contributed by atoms with E-state index in [4.69, 9.17) is 39.8 Å². The molecule has 188 valence electrons. The second-order valence-electron chi connectivity index (χ2n) is 10.9. The van der Waals surface area contributed by atoms with Gasteiger partial charge in [-0.25, -0.2) is 4.98 Å². The van der Waals surface area contributed by atoms with E-state index in [2.05, 4.69) is 5.32 Å². The third-order valence-corrected chi connectivity index (χ3v) is 9.42. The molecule has 7 heteroatoms. The standard InChI is InChI=1S/C29H30Cl3N3O/c30-22-5-3-19(4-6-22)28-34-26(16-35(28)27-8-7-23(31)15-25(27)32)29(36)33-9-1-2-24-20-11-17-10-18(13-20)14-21(24)12-17/h3-8,15-18,20-21,24H,1-2,9-14H2,(H,33,36). The Morgan fingerprint density at radius 1 is 0.917 bits per heavy atom. The van der Waals surface area contributed by atoms with Gasteiger partial charge in [0.25, 0.3) is 5.91 Å². The average Bonchev–Trinajstić information content (AvgIpc) is 3.28. The summed E-state index contributed by atoms with van der Waals surface area (Å²) in [4.78, 5) is 17.8. The molecule has 0 radical (unpaired) electrons. The summed E-state index contributed by atoms with van der Waals surface area (Å²) in [5.41, 5.74) is 1.91. The van der Waals surface area contributed by atoms with Gasteiger partial charge in [0.2, 0.25) is 0 Å². The van der Waals surface area contributed by atoms with E-state index in [9.17, 15) is 4.79 Å². The highest BCUT2D eigenvalue weighted by Crippen LogP contribution is 2.57. The van der Waals surface area contributed by atoms with Crippen LogP contribution in [0.5, 0.6) is 0 Å². The topological polar surface area (TPSA) is 46.9 Å². The quantitative estimate of drug-likeness (QED) is 0.307. The van der Waals surface area contributed by atoms with Gasteiger partial charge in [0.15, 0.2) is 0 Å². The van der Waals surface area contributed by atoms with Crippen LogP contribution in [-0.4, -0.2) is 22.0 Å². The maximum Gasteiger partial charge on any atom is 0.271 e. The van der Waals surface area contributed by atoms with Crippen molar-refractivity contribution in [2.24, 2.45) is 29.6 Å². The van der Waals surface area contributed by atoms with Crippen molar-refractivity contribution in [3.05, 3.63) is 69.4 Å². The van der Waals surface area contributed by atoms with Crippen molar-refractivity contribution < 1.29 is 4.79 Å². The van der Waals surface area contributed by atoms with E-state index in [1.165, 1.54) is 38.5 Å². The third-order valence-electron chi connectivity index (χ3n) is 8.63. The first kappa shape index (κ1) is 24.3. The highest BCUT2D eigenvalue weighted by atomic mass is 35.5. The fraction of sp³-hybridized carbons (Fsp3) is 0.448. The molecule has 1 heterocycles. The van der Waals surface area contributed by atoms with Crippen LogP contribution in [-0.2, 0) is 0 Å². The maximum atomic E-state index is 13.1. The van der Waals surface area contributed by atoms with E-state index in [0.717, 1.165) is 41.6 Å². The lowest BCUT2D eigenvalue weighted by Gasteiger charge is -2.54. The number of nitrogens with zero attached hydrogens (tertiary/aromatic N) is 2. The number of rotatable bonds is 7. The first-order valence-electron chi connectivity index (χ1n) is 13.0. The molecule has 0 saturated heterocycles. The van der Waals surface area contributed by atoms with E-state index in [1.807, 2.05) is 34.9 Å². The van der Waals surface area contributed by atoms with E-state index in [0.29, 0.717) is 38.8 Å². The molecule has 7 rings (SSSR count). The highest BCUT2D eigenvalue weighted by molar-refractivity contribution is 6.35. The van der Waals surface area contributed by atoms with Gasteiger partial charge < -0.3 is 5.32 Å². The summed E-state index contributed by atoms with van der Waals surface area (Å²) in [6.45, 7) is 0.673. The molecule has 0 unspecified atom stereocenters. The summed E-state index contributed by atoms with van der Waals surface area (Å²) in [6.07, 6.45) is 11.3. The van der Waals surface area contributed by atoms with Crippen molar-refractivity contribution >= 4 is 40.7 Å². The predicted octanol–water partition coefficient (Wildman–Crippen LogP) is 8.08. The van der Waals surface area contributed by atoms with Crippen molar-refractivity contribution in [2.45, 2.75) is 44.9 Å². The van der Waals surface area contributed by atoms with Crippen molar-refractivity contribution in [3.8, 4) is 17.1 Å². The van der Waals surface area contributed by atoms with Crippen LogP contribution in [0.25, 0.3) is 17.1 Å². The first-order chi connectivity index (χ1) is 17.4. The molecule has 2 aromatic carbocycles. The summed E-state index contributed by atoms with van der Waals surface area (Å²) in [5.74, 6) is 5.17. The Balaban J connectivity index is 1.16. The molecule has 1 N–H and O–H groups in total. The SMILES string of the molecule is O=C(NCCCC1C2CC3CC(C2)CC1C3)c1cn(-c2ccc(Cl)cc2Cl)c(-c2ccc(Cl)cc2)n1.